The highest BCUT2D eigenvalue weighted by Gasteiger charge is 2.40. The zero-order valence-corrected chi connectivity index (χ0v) is 19.4. The third kappa shape index (κ3) is 4.84. The Balaban J connectivity index is 1.44. The van der Waals surface area contributed by atoms with Crippen molar-refractivity contribution >= 4 is 11.8 Å². The maximum Gasteiger partial charge on any atom is 0.243 e. The van der Waals surface area contributed by atoms with Crippen LogP contribution >= 0.6 is 0 Å². The Kier molecular flexibility index (Phi) is 6.62. The Morgan fingerprint density at radius 1 is 1.18 bits per heavy atom. The number of likely N-dealkylation sites (tertiary alicyclic amines) is 1. The van der Waals surface area contributed by atoms with E-state index in [2.05, 4.69) is 15.5 Å². The topological polar surface area (TPSA) is 101 Å². The smallest absolute Gasteiger partial charge is 0.243 e. The number of carbonyl (C=O) groups is 2. The number of aryl methyl sites for hydroxylation is 1. The first-order valence-corrected chi connectivity index (χ1v) is 11.4. The second-order valence-electron chi connectivity index (χ2n) is 9.00. The van der Waals surface area contributed by atoms with Crippen molar-refractivity contribution in [2.45, 2.75) is 58.5 Å². The Bertz CT molecular complexity index is 1090. The number of hydrogen-bond donors (Lipinski definition) is 1. The van der Waals surface area contributed by atoms with Crippen LogP contribution in [0.4, 0.5) is 0 Å². The van der Waals surface area contributed by atoms with Gasteiger partial charge in [0.2, 0.25) is 11.8 Å². The lowest BCUT2D eigenvalue weighted by Crippen LogP contribution is -2.48. The Labute approximate surface area is 193 Å². The molecule has 1 aromatic carbocycles. The molecule has 0 spiro atoms. The van der Waals surface area contributed by atoms with E-state index in [4.69, 9.17) is 8.94 Å². The molecule has 2 aromatic heterocycles. The van der Waals surface area contributed by atoms with E-state index in [1.165, 1.54) is 6.39 Å². The summed E-state index contributed by atoms with van der Waals surface area (Å²) in [4.78, 5) is 32.3. The predicted molar refractivity (Wildman–Crippen MR) is 122 cm³/mol. The summed E-state index contributed by atoms with van der Waals surface area (Å²) in [7, 11) is 0. The second-order valence-corrected chi connectivity index (χ2v) is 9.00. The number of nitrogens with one attached hydrogen (secondary N) is 1. The molecule has 0 bridgehead atoms. The van der Waals surface area contributed by atoms with Crippen molar-refractivity contribution in [1.29, 1.82) is 0 Å². The summed E-state index contributed by atoms with van der Waals surface area (Å²) in [5, 5.41) is 7.03. The monoisotopic (exact) mass is 450 g/mol. The van der Waals surface area contributed by atoms with Gasteiger partial charge in [0.05, 0.1) is 17.9 Å². The van der Waals surface area contributed by atoms with E-state index in [0.717, 1.165) is 23.2 Å². The quantitative estimate of drug-likeness (QED) is 0.578. The van der Waals surface area contributed by atoms with Crippen LogP contribution in [0.1, 0.15) is 62.6 Å². The number of nitrogens with zero attached hydrogens (tertiary/aromatic N) is 3. The van der Waals surface area contributed by atoms with Crippen LogP contribution in [-0.4, -0.2) is 39.4 Å². The molecule has 0 saturated carbocycles. The summed E-state index contributed by atoms with van der Waals surface area (Å²) < 4.78 is 10.7. The van der Waals surface area contributed by atoms with Crippen LogP contribution in [0.5, 0.6) is 0 Å². The summed E-state index contributed by atoms with van der Waals surface area (Å²) in [5.41, 5.74) is 2.63. The van der Waals surface area contributed by atoms with Crippen LogP contribution in [0.2, 0.25) is 0 Å². The van der Waals surface area contributed by atoms with E-state index < -0.39 is 12.0 Å². The fraction of sp³-hybridized carbons (Fsp3) is 0.440. The van der Waals surface area contributed by atoms with Crippen LogP contribution in [0.15, 0.2) is 51.9 Å². The van der Waals surface area contributed by atoms with Gasteiger partial charge in [-0.1, -0.05) is 43.3 Å². The standard InChI is InChI=1S/C25H30N4O4/c1-15(2)23(21-12-16(3)28-33-21)25(31)29-11-5-6-20(29)24(30)27-17(4)18-7-9-19(10-8-18)22-13-26-14-32-22/h7-10,12-15,17,20,23H,5-6,11H2,1-4H3,(H,27,30)/t17-,20-,23?/m0/s1. The van der Waals surface area contributed by atoms with Crippen molar-refractivity contribution < 1.29 is 18.5 Å². The summed E-state index contributed by atoms with van der Waals surface area (Å²) >= 11 is 0. The van der Waals surface area contributed by atoms with E-state index >= 15 is 0 Å². The summed E-state index contributed by atoms with van der Waals surface area (Å²) in [6, 6.07) is 8.92. The average molecular weight is 451 g/mol. The highest BCUT2D eigenvalue weighted by molar-refractivity contribution is 5.91. The lowest BCUT2D eigenvalue weighted by molar-refractivity contribution is -0.141. The van der Waals surface area contributed by atoms with Gasteiger partial charge in [0, 0.05) is 18.2 Å². The molecule has 1 fully saturated rings. The molecule has 1 N–H and O–H groups in total. The van der Waals surface area contributed by atoms with Crippen molar-refractivity contribution in [3.63, 3.8) is 0 Å². The molecule has 1 aliphatic rings. The molecular formula is C25H30N4O4. The first-order chi connectivity index (χ1) is 15.8. The number of oxazole rings is 1. The van der Waals surface area contributed by atoms with Gasteiger partial charge in [-0.15, -0.1) is 0 Å². The number of benzene rings is 1. The van der Waals surface area contributed by atoms with Crippen LogP contribution < -0.4 is 5.32 Å². The number of carbonyl (C=O) groups excluding carboxylic acids is 2. The molecule has 8 nitrogen and oxygen atoms in total. The van der Waals surface area contributed by atoms with Gasteiger partial charge in [-0.25, -0.2) is 4.98 Å². The number of hydrogen-bond acceptors (Lipinski definition) is 6. The van der Waals surface area contributed by atoms with Crippen LogP contribution in [0.25, 0.3) is 11.3 Å². The zero-order chi connectivity index (χ0) is 23.5. The normalized spacial score (nSPS) is 17.8. The van der Waals surface area contributed by atoms with E-state index in [9.17, 15) is 9.59 Å². The molecule has 3 atom stereocenters. The van der Waals surface area contributed by atoms with Crippen molar-refractivity contribution in [3.8, 4) is 11.3 Å². The number of rotatable bonds is 7. The predicted octanol–water partition coefficient (Wildman–Crippen LogP) is 4.25. The van der Waals surface area contributed by atoms with Gasteiger partial charge in [-0.3, -0.25) is 9.59 Å². The summed E-state index contributed by atoms with van der Waals surface area (Å²) in [6.07, 6.45) is 4.50. The molecular weight excluding hydrogens is 420 g/mol. The van der Waals surface area contributed by atoms with Gasteiger partial charge in [-0.05, 0) is 38.2 Å². The summed E-state index contributed by atoms with van der Waals surface area (Å²) in [6.45, 7) is 8.30. The summed E-state index contributed by atoms with van der Waals surface area (Å²) in [5.74, 6) is 0.599. The van der Waals surface area contributed by atoms with Crippen molar-refractivity contribution in [1.82, 2.24) is 20.4 Å². The Hall–Kier alpha value is -3.42. The van der Waals surface area contributed by atoms with E-state index in [1.54, 1.807) is 17.2 Å². The van der Waals surface area contributed by atoms with E-state index in [-0.39, 0.29) is 23.8 Å². The van der Waals surface area contributed by atoms with Crippen LogP contribution in [0, 0.1) is 12.8 Å². The van der Waals surface area contributed by atoms with Gasteiger partial charge in [0.1, 0.15) is 17.7 Å². The van der Waals surface area contributed by atoms with Gasteiger partial charge in [-0.2, -0.15) is 0 Å². The first kappa shape index (κ1) is 22.8. The highest BCUT2D eigenvalue weighted by atomic mass is 16.5. The van der Waals surface area contributed by atoms with Crippen molar-refractivity contribution in [3.05, 3.63) is 59.9 Å². The second kappa shape index (κ2) is 9.60. The van der Waals surface area contributed by atoms with Crippen LogP contribution in [-0.2, 0) is 9.59 Å². The van der Waals surface area contributed by atoms with Gasteiger partial charge in [0.25, 0.3) is 0 Å². The zero-order valence-electron chi connectivity index (χ0n) is 19.4. The molecule has 1 aliphatic heterocycles. The molecule has 4 rings (SSSR count). The molecule has 3 aromatic rings. The van der Waals surface area contributed by atoms with Crippen LogP contribution in [0.3, 0.4) is 0 Å². The Morgan fingerprint density at radius 3 is 2.55 bits per heavy atom. The molecule has 1 saturated heterocycles. The third-order valence-electron chi connectivity index (χ3n) is 6.21. The molecule has 2 amide bonds. The molecule has 174 valence electrons. The minimum atomic E-state index is -0.487. The van der Waals surface area contributed by atoms with Crippen molar-refractivity contribution in [2.24, 2.45) is 5.92 Å². The fourth-order valence-corrected chi connectivity index (χ4v) is 4.43. The number of aromatic nitrogens is 2. The minimum Gasteiger partial charge on any atom is -0.444 e. The largest absolute Gasteiger partial charge is 0.444 e. The molecule has 8 heteroatoms. The van der Waals surface area contributed by atoms with Gasteiger partial charge in [0.15, 0.2) is 12.2 Å². The van der Waals surface area contributed by atoms with Gasteiger partial charge >= 0.3 is 0 Å². The maximum absolute atomic E-state index is 13.5. The first-order valence-electron chi connectivity index (χ1n) is 11.4. The lowest BCUT2D eigenvalue weighted by atomic mass is 9.91. The van der Waals surface area contributed by atoms with E-state index in [1.807, 2.05) is 52.0 Å². The molecule has 0 radical (unpaired) electrons. The molecule has 33 heavy (non-hydrogen) atoms. The minimum absolute atomic E-state index is 0.0240. The third-order valence-corrected chi connectivity index (χ3v) is 6.21. The van der Waals surface area contributed by atoms with E-state index in [0.29, 0.717) is 24.5 Å². The number of amides is 2. The molecule has 0 aliphatic carbocycles. The lowest BCUT2D eigenvalue weighted by Gasteiger charge is -2.29. The maximum atomic E-state index is 13.5. The Morgan fingerprint density at radius 2 is 1.94 bits per heavy atom. The highest BCUT2D eigenvalue weighted by Crippen LogP contribution is 2.31. The fourth-order valence-electron chi connectivity index (χ4n) is 4.43. The van der Waals surface area contributed by atoms with Crippen molar-refractivity contribution in [2.75, 3.05) is 6.54 Å². The molecule has 3 heterocycles. The molecule has 1 unspecified atom stereocenters. The SMILES string of the molecule is Cc1cc(C(C(=O)N2CCC[C@H]2C(=O)N[C@@H](C)c2ccc(-c3cnco3)cc2)C(C)C)on1. The van der Waals surface area contributed by atoms with Gasteiger partial charge < -0.3 is 19.2 Å². The average Bonchev–Trinajstić information content (AvgIpc) is 3.55.